The summed E-state index contributed by atoms with van der Waals surface area (Å²) >= 11 is 0. The lowest BCUT2D eigenvalue weighted by molar-refractivity contribution is 0.686. The minimum absolute atomic E-state index is 0.485. The van der Waals surface area contributed by atoms with Crippen molar-refractivity contribution < 1.29 is 4.21 Å². The summed E-state index contributed by atoms with van der Waals surface area (Å²) in [7, 11) is -0.974. The zero-order valence-electron chi connectivity index (χ0n) is 7.23. The van der Waals surface area contributed by atoms with E-state index in [0.29, 0.717) is 5.88 Å². The van der Waals surface area contributed by atoms with Crippen LogP contribution in [0.15, 0.2) is 29.6 Å². The molecule has 1 unspecified atom stereocenters. The van der Waals surface area contributed by atoms with Crippen LogP contribution in [-0.4, -0.2) is 20.1 Å². The number of aromatic nitrogens is 2. The lowest BCUT2D eigenvalue weighted by Crippen LogP contribution is -1.95. The molecule has 0 bridgehead atoms. The molecule has 0 spiro atoms. The van der Waals surface area contributed by atoms with Gasteiger partial charge in [0.1, 0.15) is 6.33 Å². The fourth-order valence-corrected chi connectivity index (χ4v) is 2.82. The van der Waals surface area contributed by atoms with E-state index < -0.39 is 10.8 Å². The molecule has 0 saturated carbocycles. The van der Waals surface area contributed by atoms with Crippen molar-refractivity contribution in [3.63, 3.8) is 0 Å². The Morgan fingerprint density at radius 2 is 2.36 bits per heavy atom. The van der Waals surface area contributed by atoms with Gasteiger partial charge in [0.2, 0.25) is 0 Å². The summed E-state index contributed by atoms with van der Waals surface area (Å²) in [5.74, 6) is 0.485. The molecule has 14 heavy (non-hydrogen) atoms. The van der Waals surface area contributed by atoms with Gasteiger partial charge in [0.25, 0.3) is 0 Å². The topological polar surface area (TPSA) is 54.9 Å². The summed E-state index contributed by atoms with van der Waals surface area (Å²) in [5.41, 5.74) is 1.72. The standard InChI is InChI=1S/C9H7N3OS/c13-14-5-12-7-2-1-6-3-10-4-11-8(6)9(7)14/h1-4,12H,5H2. The maximum atomic E-state index is 11.7. The van der Waals surface area contributed by atoms with Gasteiger partial charge in [-0.3, -0.25) is 4.21 Å². The highest BCUT2D eigenvalue weighted by Gasteiger charge is 2.20. The molecule has 5 heteroatoms. The van der Waals surface area contributed by atoms with Gasteiger partial charge in [-0.25, -0.2) is 9.97 Å². The largest absolute Gasteiger partial charge is 0.372 e. The molecule has 1 atom stereocenters. The highest BCUT2D eigenvalue weighted by molar-refractivity contribution is 7.85. The van der Waals surface area contributed by atoms with Gasteiger partial charge in [0.15, 0.2) is 0 Å². The number of fused-ring (bicyclic) bond motifs is 3. The Morgan fingerprint density at radius 3 is 3.29 bits per heavy atom. The van der Waals surface area contributed by atoms with Crippen molar-refractivity contribution >= 4 is 27.4 Å². The Balaban J connectivity index is 2.47. The summed E-state index contributed by atoms with van der Waals surface area (Å²) in [6, 6.07) is 3.86. The van der Waals surface area contributed by atoms with E-state index in [0.717, 1.165) is 21.5 Å². The normalized spacial score (nSPS) is 19.3. The van der Waals surface area contributed by atoms with E-state index in [2.05, 4.69) is 15.3 Å². The average Bonchev–Trinajstić information content (AvgIpc) is 2.61. The maximum absolute atomic E-state index is 11.7. The van der Waals surface area contributed by atoms with Gasteiger partial charge in [0, 0.05) is 11.6 Å². The molecule has 4 nitrogen and oxygen atoms in total. The van der Waals surface area contributed by atoms with Crippen molar-refractivity contribution in [2.45, 2.75) is 4.90 Å². The van der Waals surface area contributed by atoms with Crippen LogP contribution in [0.2, 0.25) is 0 Å². The fraction of sp³-hybridized carbons (Fsp3) is 0.111. The molecule has 3 rings (SSSR count). The molecule has 0 aliphatic carbocycles. The predicted molar refractivity (Wildman–Crippen MR) is 54.4 cm³/mol. The number of rotatable bonds is 0. The first-order valence-corrected chi connectivity index (χ1v) is 5.53. The third-order valence-electron chi connectivity index (χ3n) is 2.25. The van der Waals surface area contributed by atoms with E-state index in [1.165, 1.54) is 6.33 Å². The van der Waals surface area contributed by atoms with Crippen LogP contribution in [0.4, 0.5) is 5.69 Å². The van der Waals surface area contributed by atoms with Gasteiger partial charge in [-0.05, 0) is 12.1 Å². The maximum Gasteiger partial charge on any atom is 0.116 e. The first kappa shape index (κ1) is 7.87. The lowest BCUT2D eigenvalue weighted by atomic mass is 10.2. The third kappa shape index (κ3) is 0.957. The van der Waals surface area contributed by atoms with E-state index in [4.69, 9.17) is 0 Å². The van der Waals surface area contributed by atoms with Gasteiger partial charge in [-0.15, -0.1) is 0 Å². The van der Waals surface area contributed by atoms with E-state index >= 15 is 0 Å². The van der Waals surface area contributed by atoms with Crippen LogP contribution in [0.1, 0.15) is 0 Å². The van der Waals surface area contributed by atoms with E-state index in [1.807, 2.05) is 12.1 Å². The predicted octanol–water partition coefficient (Wildman–Crippen LogP) is 1.12. The Morgan fingerprint density at radius 1 is 1.43 bits per heavy atom. The van der Waals surface area contributed by atoms with Crippen molar-refractivity contribution in [1.82, 2.24) is 9.97 Å². The monoisotopic (exact) mass is 205 g/mol. The Hall–Kier alpha value is -1.49. The molecule has 1 aliphatic heterocycles. The molecule has 1 aliphatic rings. The minimum atomic E-state index is -0.974. The van der Waals surface area contributed by atoms with E-state index in [-0.39, 0.29) is 0 Å². The smallest absolute Gasteiger partial charge is 0.116 e. The Kier molecular flexibility index (Phi) is 1.55. The summed E-state index contributed by atoms with van der Waals surface area (Å²) in [6.07, 6.45) is 3.22. The quantitative estimate of drug-likeness (QED) is 0.700. The second kappa shape index (κ2) is 2.75. The second-order valence-electron chi connectivity index (χ2n) is 3.07. The zero-order chi connectivity index (χ0) is 9.54. The first-order valence-electron chi connectivity index (χ1n) is 4.21. The van der Waals surface area contributed by atoms with Crippen LogP contribution in [-0.2, 0) is 10.8 Å². The summed E-state index contributed by atoms with van der Waals surface area (Å²) in [4.78, 5) is 8.90. The number of benzene rings is 1. The highest BCUT2D eigenvalue weighted by atomic mass is 32.2. The molecule has 0 fully saturated rings. The van der Waals surface area contributed by atoms with Gasteiger partial charge in [-0.1, -0.05) is 0 Å². The molecule has 2 aromatic rings. The molecule has 2 heterocycles. The molecule has 1 aromatic carbocycles. The molecule has 0 saturated heterocycles. The van der Waals surface area contributed by atoms with Crippen molar-refractivity contribution in [2.24, 2.45) is 0 Å². The summed E-state index contributed by atoms with van der Waals surface area (Å²) < 4.78 is 11.7. The summed E-state index contributed by atoms with van der Waals surface area (Å²) in [5, 5.41) is 4.02. The highest BCUT2D eigenvalue weighted by Crippen LogP contribution is 2.31. The molecule has 1 aromatic heterocycles. The molecule has 1 N–H and O–H groups in total. The van der Waals surface area contributed by atoms with Crippen LogP contribution in [0.5, 0.6) is 0 Å². The molecular formula is C9H7N3OS. The van der Waals surface area contributed by atoms with Crippen LogP contribution in [0, 0.1) is 0 Å². The minimum Gasteiger partial charge on any atom is -0.372 e. The van der Waals surface area contributed by atoms with Crippen molar-refractivity contribution in [1.29, 1.82) is 0 Å². The number of nitrogens with zero attached hydrogens (tertiary/aromatic N) is 2. The number of hydrogen-bond acceptors (Lipinski definition) is 4. The molecule has 0 amide bonds. The van der Waals surface area contributed by atoms with Crippen molar-refractivity contribution in [2.75, 3.05) is 11.2 Å². The molecule has 70 valence electrons. The van der Waals surface area contributed by atoms with Crippen LogP contribution < -0.4 is 5.32 Å². The second-order valence-corrected chi connectivity index (χ2v) is 4.46. The van der Waals surface area contributed by atoms with Gasteiger partial charge < -0.3 is 5.32 Å². The van der Waals surface area contributed by atoms with Crippen LogP contribution in [0.3, 0.4) is 0 Å². The lowest BCUT2D eigenvalue weighted by Gasteiger charge is -2.00. The average molecular weight is 205 g/mol. The van der Waals surface area contributed by atoms with Crippen molar-refractivity contribution in [3.8, 4) is 0 Å². The fourth-order valence-electron chi connectivity index (χ4n) is 1.61. The van der Waals surface area contributed by atoms with Crippen LogP contribution in [0.25, 0.3) is 10.9 Å². The van der Waals surface area contributed by atoms with Gasteiger partial charge in [-0.2, -0.15) is 0 Å². The van der Waals surface area contributed by atoms with Crippen molar-refractivity contribution in [3.05, 3.63) is 24.7 Å². The Bertz CT molecular complexity index is 541. The summed E-state index contributed by atoms with van der Waals surface area (Å²) in [6.45, 7) is 0. The van der Waals surface area contributed by atoms with Gasteiger partial charge >= 0.3 is 0 Å². The number of hydrogen-bond donors (Lipinski definition) is 1. The molecular weight excluding hydrogens is 198 g/mol. The SMILES string of the molecule is O=S1CNc2ccc3cncnc3c21. The molecule has 0 radical (unpaired) electrons. The van der Waals surface area contributed by atoms with Gasteiger partial charge in [0.05, 0.1) is 32.8 Å². The van der Waals surface area contributed by atoms with E-state index in [1.54, 1.807) is 6.20 Å². The number of nitrogens with one attached hydrogen (secondary N) is 1. The third-order valence-corrected chi connectivity index (χ3v) is 3.53. The van der Waals surface area contributed by atoms with Crippen LogP contribution >= 0.6 is 0 Å². The zero-order valence-corrected chi connectivity index (χ0v) is 8.04. The van der Waals surface area contributed by atoms with E-state index in [9.17, 15) is 4.21 Å². The number of anilines is 1. The Labute approximate surface area is 82.8 Å². The first-order chi connectivity index (χ1) is 6.86.